The minimum absolute atomic E-state index is 0.0847. The Bertz CT molecular complexity index is 833. The average Bonchev–Trinajstić information content (AvgIpc) is 2.68. The van der Waals surface area contributed by atoms with Crippen molar-refractivity contribution in [1.82, 2.24) is 4.90 Å². The quantitative estimate of drug-likeness (QED) is 0.559. The zero-order chi connectivity index (χ0) is 19.4. The average molecular weight is 388 g/mol. The van der Waals surface area contributed by atoms with Gasteiger partial charge in [-0.15, -0.1) is 0 Å². The second-order valence-electron chi connectivity index (χ2n) is 6.80. The van der Waals surface area contributed by atoms with Crippen LogP contribution in [0.4, 0.5) is 11.4 Å². The van der Waals surface area contributed by atoms with Crippen molar-refractivity contribution in [2.75, 3.05) is 25.0 Å². The van der Waals surface area contributed by atoms with E-state index < -0.39 is 4.92 Å². The van der Waals surface area contributed by atoms with Gasteiger partial charge in [0.25, 0.3) is 11.6 Å². The molecular formula is C20H22ClN3O3. The van der Waals surface area contributed by atoms with Gasteiger partial charge in [-0.05, 0) is 43.0 Å². The van der Waals surface area contributed by atoms with E-state index in [2.05, 4.69) is 17.0 Å². The summed E-state index contributed by atoms with van der Waals surface area (Å²) >= 11 is 6.06. The van der Waals surface area contributed by atoms with Gasteiger partial charge in [-0.25, -0.2) is 0 Å². The molecule has 1 aliphatic rings. The van der Waals surface area contributed by atoms with E-state index in [9.17, 15) is 14.9 Å². The SMILES string of the molecule is CN(Cc1ccc(N2CCCCC2)cc1)C(=O)c1ccc([N+](=O)[O-])cc1Cl. The lowest BCUT2D eigenvalue weighted by Gasteiger charge is -2.29. The molecule has 2 aromatic carbocycles. The Kier molecular flexibility index (Phi) is 5.96. The van der Waals surface area contributed by atoms with Crippen LogP contribution < -0.4 is 4.90 Å². The second-order valence-corrected chi connectivity index (χ2v) is 7.20. The lowest BCUT2D eigenvalue weighted by atomic mass is 10.1. The van der Waals surface area contributed by atoms with Crippen LogP contribution in [0.1, 0.15) is 35.2 Å². The number of carbonyl (C=O) groups excluding carboxylic acids is 1. The molecule has 6 nitrogen and oxygen atoms in total. The monoisotopic (exact) mass is 387 g/mol. The number of nitrogens with zero attached hydrogens (tertiary/aromatic N) is 3. The van der Waals surface area contributed by atoms with Crippen molar-refractivity contribution >= 4 is 28.9 Å². The van der Waals surface area contributed by atoms with Crippen molar-refractivity contribution in [2.45, 2.75) is 25.8 Å². The topological polar surface area (TPSA) is 66.7 Å². The lowest BCUT2D eigenvalue weighted by molar-refractivity contribution is -0.384. The maximum absolute atomic E-state index is 12.6. The van der Waals surface area contributed by atoms with Crippen molar-refractivity contribution in [3.05, 3.63) is 68.7 Å². The highest BCUT2D eigenvalue weighted by atomic mass is 35.5. The van der Waals surface area contributed by atoms with Crippen LogP contribution in [0, 0.1) is 10.1 Å². The Morgan fingerprint density at radius 2 is 1.81 bits per heavy atom. The number of non-ortho nitro benzene ring substituents is 1. The van der Waals surface area contributed by atoms with Crippen LogP contribution >= 0.6 is 11.6 Å². The number of piperidine rings is 1. The first-order valence-corrected chi connectivity index (χ1v) is 9.37. The van der Waals surface area contributed by atoms with Gasteiger partial charge in [0, 0.05) is 44.5 Å². The fourth-order valence-corrected chi connectivity index (χ4v) is 3.56. The highest BCUT2D eigenvalue weighted by Crippen LogP contribution is 2.24. The minimum Gasteiger partial charge on any atom is -0.372 e. The Hall–Kier alpha value is -2.60. The van der Waals surface area contributed by atoms with Gasteiger partial charge >= 0.3 is 0 Å². The Balaban J connectivity index is 1.66. The largest absolute Gasteiger partial charge is 0.372 e. The molecule has 142 valence electrons. The van der Waals surface area contributed by atoms with Gasteiger partial charge in [0.05, 0.1) is 15.5 Å². The highest BCUT2D eigenvalue weighted by molar-refractivity contribution is 6.34. The molecular weight excluding hydrogens is 366 g/mol. The number of nitro groups is 1. The number of nitro benzene ring substituents is 1. The van der Waals surface area contributed by atoms with Crippen LogP contribution in [0.2, 0.25) is 5.02 Å². The van der Waals surface area contributed by atoms with Gasteiger partial charge in [-0.2, -0.15) is 0 Å². The fourth-order valence-electron chi connectivity index (χ4n) is 3.31. The van der Waals surface area contributed by atoms with E-state index >= 15 is 0 Å². The first-order valence-electron chi connectivity index (χ1n) is 8.99. The van der Waals surface area contributed by atoms with E-state index in [-0.39, 0.29) is 22.2 Å². The smallest absolute Gasteiger partial charge is 0.270 e. The van der Waals surface area contributed by atoms with Gasteiger partial charge in [-0.1, -0.05) is 23.7 Å². The van der Waals surface area contributed by atoms with Crippen molar-refractivity contribution < 1.29 is 9.72 Å². The van der Waals surface area contributed by atoms with Gasteiger partial charge in [-0.3, -0.25) is 14.9 Å². The van der Waals surface area contributed by atoms with Gasteiger partial charge in [0.1, 0.15) is 0 Å². The van der Waals surface area contributed by atoms with Crippen LogP contribution in [0.15, 0.2) is 42.5 Å². The van der Waals surface area contributed by atoms with Crippen LogP contribution in [-0.4, -0.2) is 35.9 Å². The molecule has 1 fully saturated rings. The normalized spacial score (nSPS) is 14.1. The zero-order valence-corrected chi connectivity index (χ0v) is 16.0. The van der Waals surface area contributed by atoms with Gasteiger partial charge in [0.2, 0.25) is 0 Å². The van der Waals surface area contributed by atoms with Crippen LogP contribution in [0.5, 0.6) is 0 Å². The molecule has 27 heavy (non-hydrogen) atoms. The molecule has 0 bridgehead atoms. The number of amides is 1. The molecule has 0 N–H and O–H groups in total. The molecule has 0 unspecified atom stereocenters. The van der Waals surface area contributed by atoms with E-state index in [0.717, 1.165) is 18.7 Å². The molecule has 0 aliphatic carbocycles. The number of anilines is 1. The third kappa shape index (κ3) is 4.57. The Morgan fingerprint density at radius 1 is 1.15 bits per heavy atom. The minimum atomic E-state index is -0.534. The first-order chi connectivity index (χ1) is 13.0. The summed E-state index contributed by atoms with van der Waals surface area (Å²) in [4.78, 5) is 26.8. The van der Waals surface area contributed by atoms with Gasteiger partial charge in [0.15, 0.2) is 0 Å². The summed E-state index contributed by atoms with van der Waals surface area (Å²) in [5.41, 5.74) is 2.36. The molecule has 0 spiro atoms. The van der Waals surface area contributed by atoms with E-state index in [0.29, 0.717) is 6.54 Å². The molecule has 1 aliphatic heterocycles. The predicted octanol–water partition coefficient (Wildman–Crippen LogP) is 4.51. The maximum atomic E-state index is 12.6. The predicted molar refractivity (Wildman–Crippen MR) is 106 cm³/mol. The van der Waals surface area contributed by atoms with Crippen molar-refractivity contribution in [3.63, 3.8) is 0 Å². The Labute approximate surface area is 163 Å². The number of carbonyl (C=O) groups is 1. The summed E-state index contributed by atoms with van der Waals surface area (Å²) in [6.07, 6.45) is 3.76. The summed E-state index contributed by atoms with van der Waals surface area (Å²) in [5.74, 6) is -0.269. The van der Waals surface area contributed by atoms with Crippen LogP contribution in [0.3, 0.4) is 0 Å². The molecule has 2 aromatic rings. The van der Waals surface area contributed by atoms with E-state index in [4.69, 9.17) is 11.6 Å². The molecule has 1 heterocycles. The van der Waals surface area contributed by atoms with Gasteiger partial charge < -0.3 is 9.80 Å². The summed E-state index contributed by atoms with van der Waals surface area (Å²) < 4.78 is 0. The molecule has 1 saturated heterocycles. The zero-order valence-electron chi connectivity index (χ0n) is 15.2. The molecule has 1 amide bonds. The van der Waals surface area contributed by atoms with Crippen molar-refractivity contribution in [3.8, 4) is 0 Å². The summed E-state index contributed by atoms with van der Waals surface area (Å²) in [5, 5.41) is 10.9. The summed E-state index contributed by atoms with van der Waals surface area (Å²) in [6.45, 7) is 2.62. The van der Waals surface area contributed by atoms with E-state index in [1.54, 1.807) is 11.9 Å². The van der Waals surface area contributed by atoms with E-state index in [1.165, 1.54) is 43.1 Å². The number of hydrogen-bond acceptors (Lipinski definition) is 4. The molecule has 0 aromatic heterocycles. The third-order valence-corrected chi connectivity index (χ3v) is 5.13. The molecule has 0 saturated carbocycles. The lowest BCUT2D eigenvalue weighted by Crippen LogP contribution is -2.29. The maximum Gasteiger partial charge on any atom is 0.270 e. The number of rotatable bonds is 5. The van der Waals surface area contributed by atoms with Crippen molar-refractivity contribution in [2.24, 2.45) is 0 Å². The molecule has 7 heteroatoms. The summed E-state index contributed by atoms with van der Waals surface area (Å²) in [6, 6.07) is 12.2. The molecule has 0 atom stereocenters. The van der Waals surface area contributed by atoms with Crippen LogP contribution in [-0.2, 0) is 6.54 Å². The highest BCUT2D eigenvalue weighted by Gasteiger charge is 2.18. The number of hydrogen-bond donors (Lipinski definition) is 0. The van der Waals surface area contributed by atoms with Crippen molar-refractivity contribution in [1.29, 1.82) is 0 Å². The van der Waals surface area contributed by atoms with Crippen LogP contribution in [0.25, 0.3) is 0 Å². The standard InChI is InChI=1S/C20H22ClN3O3/c1-22(20(25)18-10-9-17(24(26)27)13-19(18)21)14-15-5-7-16(8-6-15)23-11-3-2-4-12-23/h5-10,13H,2-4,11-12,14H2,1H3. The van der Waals surface area contributed by atoms with E-state index in [1.807, 2.05) is 12.1 Å². The molecule has 0 radical (unpaired) electrons. The first kappa shape index (κ1) is 19.2. The summed E-state index contributed by atoms with van der Waals surface area (Å²) in [7, 11) is 1.69. The number of halogens is 1. The fraction of sp³-hybridized carbons (Fsp3) is 0.350. The third-order valence-electron chi connectivity index (χ3n) is 4.82. The second kappa shape index (κ2) is 8.39. The Morgan fingerprint density at radius 3 is 2.41 bits per heavy atom. The molecule has 3 rings (SSSR count). The number of benzene rings is 2.